The summed E-state index contributed by atoms with van der Waals surface area (Å²) in [5, 5.41) is -0.126. The van der Waals surface area contributed by atoms with Crippen LogP contribution < -0.4 is 0 Å². The lowest BCUT2D eigenvalue weighted by atomic mass is 10.0. The molecule has 0 amide bonds. The van der Waals surface area contributed by atoms with Crippen molar-refractivity contribution in [3.8, 4) is 51.0 Å². The van der Waals surface area contributed by atoms with Crippen LogP contribution in [0.1, 0.15) is 13.7 Å². The van der Waals surface area contributed by atoms with Gasteiger partial charge in [0.25, 0.3) is 0 Å². The normalized spacial score (nSPS) is 14.4. The van der Waals surface area contributed by atoms with E-state index in [0.717, 1.165) is 22.3 Å². The van der Waals surface area contributed by atoms with Crippen LogP contribution in [0.5, 0.6) is 0 Å². The van der Waals surface area contributed by atoms with Gasteiger partial charge in [-0.3, -0.25) is 4.57 Å². The molecule has 0 radical (unpaired) electrons. The van der Waals surface area contributed by atoms with Crippen LogP contribution in [0.15, 0.2) is 174 Å². The number of furan rings is 1. The lowest BCUT2D eigenvalue weighted by molar-refractivity contribution is 0.669. The maximum absolute atomic E-state index is 9.47. The smallest absolute Gasteiger partial charge is 0.238 e. The highest BCUT2D eigenvalue weighted by atomic mass is 16.3. The van der Waals surface area contributed by atoms with Gasteiger partial charge in [-0.2, -0.15) is 9.97 Å². The van der Waals surface area contributed by atoms with Crippen molar-refractivity contribution >= 4 is 43.7 Å². The first-order chi connectivity index (χ1) is 28.9. The molecule has 50 heavy (non-hydrogen) atoms. The quantitative estimate of drug-likeness (QED) is 0.186. The molecule has 0 aliphatic rings. The van der Waals surface area contributed by atoms with Gasteiger partial charge in [0, 0.05) is 32.7 Å². The van der Waals surface area contributed by atoms with Gasteiger partial charge in [-0.15, -0.1) is 0 Å². The summed E-state index contributed by atoms with van der Waals surface area (Å²) in [4.78, 5) is 14.9. The minimum absolute atomic E-state index is 0.00223. The summed E-state index contributed by atoms with van der Waals surface area (Å²) in [6.07, 6.45) is 0. The predicted octanol–water partition coefficient (Wildman–Crippen LogP) is 11.5. The summed E-state index contributed by atoms with van der Waals surface area (Å²) in [6, 6.07) is 29.8. The minimum atomic E-state index is -0.566. The van der Waals surface area contributed by atoms with E-state index in [1.807, 2.05) is 109 Å². The van der Waals surface area contributed by atoms with Gasteiger partial charge in [0.1, 0.15) is 11.2 Å². The Morgan fingerprint density at radius 3 is 1.66 bits per heavy atom. The van der Waals surface area contributed by atoms with E-state index in [4.69, 9.17) is 27.6 Å². The standard InChI is InChI=1S/C45H28N4O/c1-3-13-29(14-4-1)31-17-11-19-33(27-31)43-46-44(34-20-12-18-32(28-34)30-15-5-2-6-16-30)48-45(47-43)49-37-23-9-7-21-35(37)41-38(49)25-26-40-42(41)36-22-8-10-24-39(36)50-40/h1-28H/i7D,8D,9D,10D,21D,22D,23D,24D,25D,26D. The maximum atomic E-state index is 9.47. The third kappa shape index (κ3) is 4.60. The highest BCUT2D eigenvalue weighted by Crippen LogP contribution is 2.41. The molecule has 0 saturated carbocycles. The first-order valence-corrected chi connectivity index (χ1v) is 15.9. The van der Waals surface area contributed by atoms with Crippen molar-refractivity contribution in [3.05, 3.63) is 170 Å². The van der Waals surface area contributed by atoms with Crippen LogP contribution in [0, 0.1) is 0 Å². The molecular formula is C45H28N4O. The molecule has 7 aromatic carbocycles. The molecule has 0 aliphatic carbocycles. The number of para-hydroxylation sites is 2. The summed E-state index contributed by atoms with van der Waals surface area (Å²) < 4.78 is 96.4. The van der Waals surface area contributed by atoms with Crippen molar-refractivity contribution in [2.24, 2.45) is 0 Å². The van der Waals surface area contributed by atoms with Gasteiger partial charge >= 0.3 is 0 Å². The van der Waals surface area contributed by atoms with Crippen LogP contribution >= 0.6 is 0 Å². The highest BCUT2D eigenvalue weighted by molar-refractivity contribution is 6.27. The van der Waals surface area contributed by atoms with E-state index in [9.17, 15) is 5.48 Å². The van der Waals surface area contributed by atoms with Crippen LogP contribution in [0.4, 0.5) is 0 Å². The average Bonchev–Trinajstić information content (AvgIpc) is 3.87. The van der Waals surface area contributed by atoms with Crippen LogP contribution in [-0.4, -0.2) is 19.5 Å². The van der Waals surface area contributed by atoms with Crippen LogP contribution in [0.3, 0.4) is 0 Å². The lowest BCUT2D eigenvalue weighted by Gasteiger charge is -2.12. The zero-order valence-corrected chi connectivity index (χ0v) is 26.1. The monoisotopic (exact) mass is 650 g/mol. The second kappa shape index (κ2) is 11.4. The summed E-state index contributed by atoms with van der Waals surface area (Å²) >= 11 is 0. The Morgan fingerprint density at radius 2 is 1.00 bits per heavy atom. The molecule has 10 rings (SSSR count). The Hall–Kier alpha value is -6.85. The summed E-state index contributed by atoms with van der Waals surface area (Å²) in [6.45, 7) is 0. The van der Waals surface area contributed by atoms with Crippen molar-refractivity contribution in [1.29, 1.82) is 0 Å². The van der Waals surface area contributed by atoms with Gasteiger partial charge in [-0.05, 0) is 58.6 Å². The minimum Gasteiger partial charge on any atom is -0.456 e. The van der Waals surface area contributed by atoms with E-state index in [2.05, 4.69) is 0 Å². The van der Waals surface area contributed by atoms with Crippen molar-refractivity contribution in [2.45, 2.75) is 0 Å². The molecule has 0 aliphatic heterocycles. The van der Waals surface area contributed by atoms with Crippen LogP contribution in [0.2, 0.25) is 0 Å². The maximum Gasteiger partial charge on any atom is 0.238 e. The molecule has 0 atom stereocenters. The second-order valence-corrected chi connectivity index (χ2v) is 11.7. The van der Waals surface area contributed by atoms with Gasteiger partial charge in [-0.1, -0.05) is 133 Å². The number of nitrogens with zero attached hydrogens (tertiary/aromatic N) is 4. The number of hydrogen-bond donors (Lipinski definition) is 0. The lowest BCUT2D eigenvalue weighted by Crippen LogP contribution is -2.06. The van der Waals surface area contributed by atoms with E-state index in [0.29, 0.717) is 11.1 Å². The molecule has 0 unspecified atom stereocenters. The van der Waals surface area contributed by atoms with Gasteiger partial charge < -0.3 is 4.42 Å². The van der Waals surface area contributed by atoms with Crippen molar-refractivity contribution in [3.63, 3.8) is 0 Å². The first-order valence-electron chi connectivity index (χ1n) is 20.9. The van der Waals surface area contributed by atoms with Crippen LogP contribution in [0.25, 0.3) is 94.7 Å². The van der Waals surface area contributed by atoms with Crippen molar-refractivity contribution in [2.75, 3.05) is 0 Å². The van der Waals surface area contributed by atoms with Crippen molar-refractivity contribution in [1.82, 2.24) is 19.5 Å². The summed E-state index contributed by atoms with van der Waals surface area (Å²) in [5.41, 5.74) is 4.24. The van der Waals surface area contributed by atoms with E-state index >= 15 is 0 Å². The number of benzene rings is 7. The molecule has 0 bridgehead atoms. The summed E-state index contributed by atoms with van der Waals surface area (Å²) in [5.74, 6) is 0.322. The molecule has 3 aromatic heterocycles. The fourth-order valence-corrected chi connectivity index (χ4v) is 6.48. The molecular weight excluding hydrogens is 613 g/mol. The Morgan fingerprint density at radius 1 is 0.440 bits per heavy atom. The third-order valence-electron chi connectivity index (χ3n) is 8.76. The van der Waals surface area contributed by atoms with Gasteiger partial charge in [-0.25, -0.2) is 4.98 Å². The highest BCUT2D eigenvalue weighted by Gasteiger charge is 2.21. The van der Waals surface area contributed by atoms with E-state index < -0.39 is 60.4 Å². The molecule has 0 N–H and O–H groups in total. The fourth-order valence-electron chi connectivity index (χ4n) is 6.48. The Balaban J connectivity index is 1.37. The topological polar surface area (TPSA) is 56.7 Å². The number of rotatable bonds is 5. The molecule has 0 spiro atoms. The van der Waals surface area contributed by atoms with Gasteiger partial charge in [0.15, 0.2) is 11.6 Å². The molecule has 5 heteroatoms. The molecule has 5 nitrogen and oxygen atoms in total. The average molecular weight is 651 g/mol. The molecule has 234 valence electrons. The SMILES string of the molecule is [2H]c1c([2H])c([2H])c2c(oc3c([2H])c([2H])c4c(c5c([2H])c([2H])c([2H])c([2H])c5n4-c4nc(-c5cccc(-c6ccccc6)c5)nc(-c5cccc(-c6ccccc6)c5)n4)c32)c1[2H]. The van der Waals surface area contributed by atoms with Crippen molar-refractivity contribution < 1.29 is 18.1 Å². The molecule has 0 fully saturated rings. The van der Waals surface area contributed by atoms with Gasteiger partial charge in [0.2, 0.25) is 5.95 Å². The molecule has 3 heterocycles. The van der Waals surface area contributed by atoms with E-state index in [-0.39, 0.29) is 61.3 Å². The van der Waals surface area contributed by atoms with Gasteiger partial charge in [0.05, 0.1) is 24.7 Å². The molecule has 0 saturated heterocycles. The Labute approximate surface area is 301 Å². The number of aromatic nitrogens is 4. The third-order valence-corrected chi connectivity index (χ3v) is 8.76. The zero-order chi connectivity index (χ0) is 41.7. The fraction of sp³-hybridized carbons (Fsp3) is 0. The first kappa shape index (κ1) is 19.8. The number of hydrogen-bond acceptors (Lipinski definition) is 4. The predicted molar refractivity (Wildman–Crippen MR) is 203 cm³/mol. The summed E-state index contributed by atoms with van der Waals surface area (Å²) in [7, 11) is 0. The van der Waals surface area contributed by atoms with E-state index in [1.54, 1.807) is 0 Å². The molecule has 10 aromatic rings. The van der Waals surface area contributed by atoms with E-state index in [1.165, 1.54) is 4.57 Å². The largest absolute Gasteiger partial charge is 0.456 e. The Bertz CT molecular complexity index is 3340. The zero-order valence-electron chi connectivity index (χ0n) is 36.1. The van der Waals surface area contributed by atoms with Crippen LogP contribution in [-0.2, 0) is 0 Å². The second-order valence-electron chi connectivity index (χ2n) is 11.7. The number of fused-ring (bicyclic) bond motifs is 7. The Kier molecular flexibility index (Phi) is 4.52.